The van der Waals surface area contributed by atoms with Crippen LogP contribution in [0.2, 0.25) is 0 Å². The lowest BCUT2D eigenvalue weighted by Gasteiger charge is -2.36. The molecule has 0 radical (unpaired) electrons. The Morgan fingerprint density at radius 2 is 2.00 bits per heavy atom. The first-order chi connectivity index (χ1) is 10.3. The van der Waals surface area contributed by atoms with E-state index in [0.717, 1.165) is 31.4 Å². The summed E-state index contributed by atoms with van der Waals surface area (Å²) in [4.78, 5) is 19.1. The van der Waals surface area contributed by atoms with Crippen LogP contribution in [0.1, 0.15) is 46.8 Å². The topological polar surface area (TPSA) is 33.2 Å². The zero-order valence-corrected chi connectivity index (χ0v) is 12.3. The Hall–Kier alpha value is -2.16. The molecular formula is C18H20N2O. The van der Waals surface area contributed by atoms with Crippen LogP contribution in [0.5, 0.6) is 0 Å². The summed E-state index contributed by atoms with van der Waals surface area (Å²) in [6.07, 6.45) is 6.98. The maximum Gasteiger partial charge on any atom is 0.254 e. The highest BCUT2D eigenvalue weighted by molar-refractivity contribution is 5.94. The quantitative estimate of drug-likeness (QED) is 0.839. The van der Waals surface area contributed by atoms with Gasteiger partial charge in [-0.25, -0.2) is 0 Å². The summed E-state index contributed by atoms with van der Waals surface area (Å²) < 4.78 is 0. The van der Waals surface area contributed by atoms with Gasteiger partial charge in [-0.15, -0.1) is 0 Å². The molecule has 108 valence electrons. The van der Waals surface area contributed by atoms with Crippen LogP contribution >= 0.6 is 0 Å². The number of rotatable bonds is 2. The summed E-state index contributed by atoms with van der Waals surface area (Å²) in [5.74, 6) is 0.128. The first-order valence-corrected chi connectivity index (χ1v) is 7.54. The van der Waals surface area contributed by atoms with Crippen molar-refractivity contribution in [2.45, 2.75) is 32.2 Å². The van der Waals surface area contributed by atoms with Gasteiger partial charge in [-0.1, -0.05) is 18.2 Å². The highest BCUT2D eigenvalue weighted by Crippen LogP contribution is 2.33. The van der Waals surface area contributed by atoms with E-state index < -0.39 is 0 Å². The number of pyridine rings is 1. The Bertz CT molecular complexity index is 624. The molecule has 0 N–H and O–H groups in total. The normalized spacial score (nSPS) is 18.5. The molecule has 1 atom stereocenters. The number of likely N-dealkylation sites (tertiary alicyclic amines) is 1. The molecule has 1 amide bonds. The van der Waals surface area contributed by atoms with Crippen molar-refractivity contribution >= 4 is 5.91 Å². The molecule has 0 aliphatic carbocycles. The zero-order valence-electron chi connectivity index (χ0n) is 12.3. The molecule has 0 saturated carbocycles. The Balaban J connectivity index is 1.92. The van der Waals surface area contributed by atoms with Gasteiger partial charge >= 0.3 is 0 Å². The highest BCUT2D eigenvalue weighted by Gasteiger charge is 2.29. The lowest BCUT2D eigenvalue weighted by molar-refractivity contribution is 0.0610. The van der Waals surface area contributed by atoms with Crippen molar-refractivity contribution in [1.29, 1.82) is 0 Å². The van der Waals surface area contributed by atoms with Gasteiger partial charge in [0.1, 0.15) is 0 Å². The highest BCUT2D eigenvalue weighted by atomic mass is 16.2. The molecule has 1 aromatic carbocycles. The standard InChI is InChI=1S/C18H20N2O/c1-14-10-11-19-13-16(14)17-9-5-6-12-20(17)18(21)15-7-3-2-4-8-15/h2-4,7-8,10-11,13,17H,5-6,9,12H2,1H3. The summed E-state index contributed by atoms with van der Waals surface area (Å²) >= 11 is 0. The third kappa shape index (κ3) is 2.82. The number of aromatic nitrogens is 1. The van der Waals surface area contributed by atoms with E-state index in [-0.39, 0.29) is 11.9 Å². The number of benzene rings is 1. The first kappa shape index (κ1) is 13.8. The predicted molar refractivity (Wildman–Crippen MR) is 83.0 cm³/mol. The molecule has 2 heterocycles. The second kappa shape index (κ2) is 6.08. The van der Waals surface area contributed by atoms with Gasteiger partial charge in [-0.2, -0.15) is 0 Å². The van der Waals surface area contributed by atoms with Gasteiger partial charge in [0, 0.05) is 24.5 Å². The minimum Gasteiger partial charge on any atom is -0.332 e. The molecule has 1 aliphatic rings. The summed E-state index contributed by atoms with van der Waals surface area (Å²) in [6.45, 7) is 2.92. The van der Waals surface area contributed by atoms with E-state index >= 15 is 0 Å². The summed E-state index contributed by atoms with van der Waals surface area (Å²) in [6, 6.07) is 11.7. The SMILES string of the molecule is Cc1ccncc1C1CCCCN1C(=O)c1ccccc1. The number of hydrogen-bond donors (Lipinski definition) is 0. The third-order valence-corrected chi connectivity index (χ3v) is 4.22. The summed E-state index contributed by atoms with van der Waals surface area (Å²) in [5.41, 5.74) is 3.16. The minimum absolute atomic E-state index is 0.128. The fourth-order valence-electron chi connectivity index (χ4n) is 3.07. The Morgan fingerprint density at radius 1 is 1.19 bits per heavy atom. The maximum atomic E-state index is 12.8. The number of nitrogens with zero attached hydrogens (tertiary/aromatic N) is 2. The number of piperidine rings is 1. The molecule has 21 heavy (non-hydrogen) atoms. The molecule has 1 fully saturated rings. The van der Waals surface area contributed by atoms with Crippen LogP contribution < -0.4 is 0 Å². The van der Waals surface area contributed by atoms with Gasteiger partial charge in [0.25, 0.3) is 5.91 Å². The van der Waals surface area contributed by atoms with E-state index in [1.54, 1.807) is 0 Å². The minimum atomic E-state index is 0.128. The lowest BCUT2D eigenvalue weighted by atomic mass is 9.93. The number of carbonyl (C=O) groups excluding carboxylic acids is 1. The number of hydrogen-bond acceptors (Lipinski definition) is 2. The van der Waals surface area contributed by atoms with Crippen LogP contribution in [-0.2, 0) is 0 Å². The fraction of sp³-hybridized carbons (Fsp3) is 0.333. The second-order valence-electron chi connectivity index (χ2n) is 5.61. The molecule has 1 aromatic heterocycles. The number of amides is 1. The summed E-state index contributed by atoms with van der Waals surface area (Å²) in [7, 11) is 0. The van der Waals surface area contributed by atoms with E-state index in [9.17, 15) is 4.79 Å². The van der Waals surface area contributed by atoms with Gasteiger partial charge in [0.15, 0.2) is 0 Å². The predicted octanol–water partition coefficient (Wildman–Crippen LogP) is 3.76. The molecule has 3 heteroatoms. The van der Waals surface area contributed by atoms with Gasteiger partial charge in [-0.3, -0.25) is 9.78 Å². The maximum absolute atomic E-state index is 12.8. The molecule has 1 saturated heterocycles. The molecule has 2 aromatic rings. The van der Waals surface area contributed by atoms with E-state index in [0.29, 0.717) is 0 Å². The van der Waals surface area contributed by atoms with Gasteiger partial charge in [0.2, 0.25) is 0 Å². The molecule has 3 nitrogen and oxygen atoms in total. The van der Waals surface area contributed by atoms with E-state index in [4.69, 9.17) is 0 Å². The lowest BCUT2D eigenvalue weighted by Crippen LogP contribution is -2.38. The Labute approximate surface area is 125 Å². The average Bonchev–Trinajstić information content (AvgIpc) is 2.55. The van der Waals surface area contributed by atoms with E-state index in [2.05, 4.69) is 11.9 Å². The monoisotopic (exact) mass is 280 g/mol. The van der Waals surface area contributed by atoms with Crippen LogP contribution in [0.4, 0.5) is 0 Å². The van der Waals surface area contributed by atoms with Crippen molar-refractivity contribution in [3.8, 4) is 0 Å². The van der Waals surface area contributed by atoms with Crippen molar-refractivity contribution in [3.63, 3.8) is 0 Å². The van der Waals surface area contributed by atoms with E-state index in [1.807, 2.05) is 53.7 Å². The van der Waals surface area contributed by atoms with E-state index in [1.165, 1.54) is 11.1 Å². The van der Waals surface area contributed by atoms with Crippen LogP contribution in [0.3, 0.4) is 0 Å². The van der Waals surface area contributed by atoms with Crippen molar-refractivity contribution in [2.24, 2.45) is 0 Å². The molecule has 1 aliphatic heterocycles. The molecule has 0 bridgehead atoms. The smallest absolute Gasteiger partial charge is 0.254 e. The average molecular weight is 280 g/mol. The molecule has 0 spiro atoms. The van der Waals surface area contributed by atoms with Crippen LogP contribution in [0, 0.1) is 6.92 Å². The Morgan fingerprint density at radius 3 is 2.76 bits per heavy atom. The largest absolute Gasteiger partial charge is 0.332 e. The van der Waals surface area contributed by atoms with Crippen LogP contribution in [-0.4, -0.2) is 22.3 Å². The Kier molecular flexibility index (Phi) is 4.00. The van der Waals surface area contributed by atoms with Crippen LogP contribution in [0.15, 0.2) is 48.8 Å². The molecular weight excluding hydrogens is 260 g/mol. The number of carbonyl (C=O) groups is 1. The molecule has 1 unspecified atom stereocenters. The van der Waals surface area contributed by atoms with Crippen molar-refractivity contribution in [3.05, 3.63) is 65.5 Å². The first-order valence-electron chi connectivity index (χ1n) is 7.54. The van der Waals surface area contributed by atoms with Crippen LogP contribution in [0.25, 0.3) is 0 Å². The van der Waals surface area contributed by atoms with Gasteiger partial charge in [-0.05, 0) is 55.5 Å². The van der Waals surface area contributed by atoms with Crippen molar-refractivity contribution < 1.29 is 4.79 Å². The summed E-state index contributed by atoms with van der Waals surface area (Å²) in [5, 5.41) is 0. The fourth-order valence-corrected chi connectivity index (χ4v) is 3.07. The van der Waals surface area contributed by atoms with Gasteiger partial charge < -0.3 is 4.90 Å². The third-order valence-electron chi connectivity index (χ3n) is 4.22. The molecule has 3 rings (SSSR count). The number of aryl methyl sites for hydroxylation is 1. The van der Waals surface area contributed by atoms with Gasteiger partial charge in [0.05, 0.1) is 6.04 Å². The zero-order chi connectivity index (χ0) is 14.7. The second-order valence-corrected chi connectivity index (χ2v) is 5.61. The van der Waals surface area contributed by atoms with Crippen molar-refractivity contribution in [2.75, 3.05) is 6.54 Å². The van der Waals surface area contributed by atoms with Crippen molar-refractivity contribution in [1.82, 2.24) is 9.88 Å².